The topological polar surface area (TPSA) is 95.9 Å². The molecule has 0 saturated heterocycles. The van der Waals surface area contributed by atoms with Gasteiger partial charge in [0.2, 0.25) is 5.91 Å². The Morgan fingerprint density at radius 3 is 1.10 bits per heavy atom. The molecule has 0 aliphatic heterocycles. The number of aliphatic hydroxyl groups is 2. The molecule has 6 nitrogen and oxygen atoms in total. The molecule has 70 heavy (non-hydrogen) atoms. The van der Waals surface area contributed by atoms with E-state index in [-0.39, 0.29) is 18.5 Å². The number of rotatable bonds is 56. The lowest BCUT2D eigenvalue weighted by Gasteiger charge is -2.20. The number of hydrogen-bond acceptors (Lipinski definition) is 5. The van der Waals surface area contributed by atoms with E-state index >= 15 is 0 Å². The summed E-state index contributed by atoms with van der Waals surface area (Å²) in [5.74, 6) is -0.123. The zero-order chi connectivity index (χ0) is 50.7. The molecule has 0 heterocycles. The largest absolute Gasteiger partial charge is 0.465 e. The van der Waals surface area contributed by atoms with Gasteiger partial charge >= 0.3 is 5.97 Å². The Bertz CT molecular complexity index is 1220. The zero-order valence-electron chi connectivity index (χ0n) is 46.5. The second-order valence-corrected chi connectivity index (χ2v) is 20.7. The van der Waals surface area contributed by atoms with E-state index in [1.54, 1.807) is 6.08 Å². The Kier molecular flexibility index (Phi) is 57.1. The number of allylic oxidation sites excluding steroid dienone is 8. The van der Waals surface area contributed by atoms with E-state index in [0.717, 1.165) is 64.2 Å². The van der Waals surface area contributed by atoms with E-state index in [9.17, 15) is 19.8 Å². The van der Waals surface area contributed by atoms with E-state index < -0.39 is 12.1 Å². The van der Waals surface area contributed by atoms with Crippen LogP contribution in [-0.4, -0.2) is 47.4 Å². The summed E-state index contributed by atoms with van der Waals surface area (Å²) in [6, 6.07) is -0.633. The van der Waals surface area contributed by atoms with Crippen LogP contribution >= 0.6 is 0 Å². The van der Waals surface area contributed by atoms with Gasteiger partial charge in [-0.3, -0.25) is 9.59 Å². The van der Waals surface area contributed by atoms with Crippen LogP contribution in [0.5, 0.6) is 0 Å². The predicted octanol–water partition coefficient (Wildman–Crippen LogP) is 19.1. The fourth-order valence-electron chi connectivity index (χ4n) is 9.09. The fourth-order valence-corrected chi connectivity index (χ4v) is 9.09. The van der Waals surface area contributed by atoms with Crippen molar-refractivity contribution in [2.24, 2.45) is 0 Å². The normalized spacial score (nSPS) is 13.0. The van der Waals surface area contributed by atoms with Crippen LogP contribution in [0, 0.1) is 0 Å². The summed E-state index contributed by atoms with van der Waals surface area (Å²) in [7, 11) is 0. The molecule has 0 fully saturated rings. The van der Waals surface area contributed by atoms with Gasteiger partial charge in [0.15, 0.2) is 0 Å². The number of carbonyl (C=O) groups is 2. The molecule has 0 aromatic heterocycles. The van der Waals surface area contributed by atoms with Crippen molar-refractivity contribution in [2.75, 3.05) is 13.2 Å². The average molecular weight is 981 g/mol. The lowest BCUT2D eigenvalue weighted by Crippen LogP contribution is -2.45. The van der Waals surface area contributed by atoms with Gasteiger partial charge in [-0.2, -0.15) is 0 Å². The van der Waals surface area contributed by atoms with Crippen LogP contribution in [0.4, 0.5) is 0 Å². The molecule has 0 aromatic carbocycles. The Balaban J connectivity index is 3.49. The molecule has 408 valence electrons. The molecular weight excluding hydrogens is 863 g/mol. The third kappa shape index (κ3) is 54.9. The van der Waals surface area contributed by atoms with Crippen molar-refractivity contribution in [2.45, 2.75) is 321 Å². The quantitative estimate of drug-likeness (QED) is 0.0321. The first-order chi connectivity index (χ1) is 34.5. The average Bonchev–Trinajstić information content (AvgIpc) is 3.36. The zero-order valence-corrected chi connectivity index (χ0v) is 46.5. The molecule has 6 heteroatoms. The summed E-state index contributed by atoms with van der Waals surface area (Å²) in [4.78, 5) is 24.5. The minimum absolute atomic E-state index is 0.0499. The van der Waals surface area contributed by atoms with Crippen LogP contribution in [0.25, 0.3) is 0 Å². The summed E-state index contributed by atoms with van der Waals surface area (Å²) in [5.41, 5.74) is 0. The SMILES string of the molecule is CCCCCC/C=C\C/C=C\CCCCCCCC(=O)OCC/C=C\C/C=C\CCCCCCCCCCCCCCCCC(=O)NC(CO)C(O)/C=C/CCCCCCCCCCCCCCCC. The molecule has 0 aromatic rings. The van der Waals surface area contributed by atoms with E-state index in [1.165, 1.54) is 218 Å². The molecule has 0 aliphatic rings. The first-order valence-corrected chi connectivity index (χ1v) is 30.6. The van der Waals surface area contributed by atoms with Crippen LogP contribution in [0.15, 0.2) is 60.8 Å². The van der Waals surface area contributed by atoms with Gasteiger partial charge in [-0.25, -0.2) is 0 Å². The molecule has 2 unspecified atom stereocenters. The number of esters is 1. The number of ether oxygens (including phenoxy) is 1. The van der Waals surface area contributed by atoms with Gasteiger partial charge in [-0.15, -0.1) is 0 Å². The van der Waals surface area contributed by atoms with E-state index in [0.29, 0.717) is 19.4 Å². The van der Waals surface area contributed by atoms with Gasteiger partial charge in [-0.1, -0.05) is 274 Å². The van der Waals surface area contributed by atoms with Crippen LogP contribution in [0.1, 0.15) is 309 Å². The van der Waals surface area contributed by atoms with Crippen LogP contribution in [-0.2, 0) is 14.3 Å². The van der Waals surface area contributed by atoms with Crippen molar-refractivity contribution in [3.05, 3.63) is 60.8 Å². The highest BCUT2D eigenvalue weighted by Gasteiger charge is 2.18. The summed E-state index contributed by atoms with van der Waals surface area (Å²) < 4.78 is 5.41. The number of hydrogen-bond donors (Lipinski definition) is 3. The molecule has 1 amide bonds. The summed E-state index contributed by atoms with van der Waals surface area (Å²) in [5, 5.41) is 23.1. The van der Waals surface area contributed by atoms with Gasteiger partial charge in [0.1, 0.15) is 0 Å². The molecule has 0 bridgehead atoms. The summed E-state index contributed by atoms with van der Waals surface area (Å²) in [6.07, 6.45) is 76.9. The summed E-state index contributed by atoms with van der Waals surface area (Å²) in [6.45, 7) is 4.77. The van der Waals surface area contributed by atoms with Crippen molar-refractivity contribution >= 4 is 11.9 Å². The lowest BCUT2D eigenvalue weighted by atomic mass is 10.0. The fraction of sp³-hybridized carbons (Fsp3) is 0.812. The van der Waals surface area contributed by atoms with Gasteiger partial charge in [0.05, 0.1) is 25.4 Å². The molecule has 3 N–H and O–H groups in total. The van der Waals surface area contributed by atoms with Gasteiger partial charge in [-0.05, 0) is 83.5 Å². The van der Waals surface area contributed by atoms with Crippen LogP contribution in [0.3, 0.4) is 0 Å². The maximum Gasteiger partial charge on any atom is 0.305 e. The minimum atomic E-state index is -0.849. The number of nitrogens with one attached hydrogen (secondary N) is 1. The molecular formula is C64H117NO5. The highest BCUT2D eigenvalue weighted by molar-refractivity contribution is 5.76. The number of unbranched alkanes of at least 4 members (excludes halogenated alkanes) is 37. The number of amides is 1. The Labute approximate surface area is 435 Å². The second kappa shape index (κ2) is 59.1. The molecule has 0 rings (SSSR count). The van der Waals surface area contributed by atoms with E-state index in [2.05, 4.69) is 67.8 Å². The third-order valence-electron chi connectivity index (χ3n) is 13.8. The van der Waals surface area contributed by atoms with Crippen LogP contribution < -0.4 is 5.32 Å². The lowest BCUT2D eigenvalue weighted by molar-refractivity contribution is -0.143. The van der Waals surface area contributed by atoms with Gasteiger partial charge in [0.25, 0.3) is 0 Å². The molecule has 0 aliphatic carbocycles. The Hall–Kier alpha value is -2.44. The maximum absolute atomic E-state index is 12.5. The second-order valence-electron chi connectivity index (χ2n) is 20.7. The monoisotopic (exact) mass is 980 g/mol. The van der Waals surface area contributed by atoms with Gasteiger partial charge < -0.3 is 20.3 Å². The van der Waals surface area contributed by atoms with Crippen molar-refractivity contribution in [3.8, 4) is 0 Å². The number of aliphatic hydroxyl groups excluding tert-OH is 2. The van der Waals surface area contributed by atoms with E-state index in [4.69, 9.17) is 4.74 Å². The molecule has 0 spiro atoms. The minimum Gasteiger partial charge on any atom is -0.465 e. The molecule has 0 saturated carbocycles. The smallest absolute Gasteiger partial charge is 0.305 e. The standard InChI is InChI=1S/C64H117NO5/c1-3-5-7-9-11-13-15-17-19-28-32-36-40-44-48-52-56-62(67)61(60-66)65-63(68)57-53-49-45-41-37-33-29-26-24-22-21-23-25-27-31-35-39-43-47-51-55-59-70-64(69)58-54-50-46-42-38-34-30-20-18-16-14-12-10-8-6-4-2/h14,16,20,30,35,39,47,51-52,56,61-62,66-67H,3-13,15,17-19,21-29,31-34,36-38,40-46,48-50,53-55,57-60H2,1-2H3,(H,65,68)/b16-14-,30-20-,39-35-,51-47-,56-52+. The highest BCUT2D eigenvalue weighted by atomic mass is 16.5. The van der Waals surface area contributed by atoms with Crippen molar-refractivity contribution < 1.29 is 24.5 Å². The Morgan fingerprint density at radius 1 is 0.400 bits per heavy atom. The van der Waals surface area contributed by atoms with Crippen molar-refractivity contribution in [3.63, 3.8) is 0 Å². The van der Waals surface area contributed by atoms with E-state index in [1.807, 2.05) is 6.08 Å². The molecule has 0 radical (unpaired) electrons. The molecule has 2 atom stereocenters. The Morgan fingerprint density at radius 2 is 0.714 bits per heavy atom. The van der Waals surface area contributed by atoms with Crippen molar-refractivity contribution in [1.82, 2.24) is 5.32 Å². The van der Waals surface area contributed by atoms with Crippen molar-refractivity contribution in [1.29, 1.82) is 0 Å². The highest BCUT2D eigenvalue weighted by Crippen LogP contribution is 2.16. The predicted molar refractivity (Wildman–Crippen MR) is 305 cm³/mol. The maximum atomic E-state index is 12.5. The third-order valence-corrected chi connectivity index (χ3v) is 13.8. The number of carbonyl (C=O) groups excluding carboxylic acids is 2. The first kappa shape index (κ1) is 67.6. The summed E-state index contributed by atoms with van der Waals surface area (Å²) >= 11 is 0. The first-order valence-electron chi connectivity index (χ1n) is 30.6. The van der Waals surface area contributed by atoms with Crippen LogP contribution in [0.2, 0.25) is 0 Å². The van der Waals surface area contributed by atoms with Gasteiger partial charge in [0, 0.05) is 12.8 Å².